The Morgan fingerprint density at radius 3 is 2.88 bits per heavy atom. The Labute approximate surface area is 103 Å². The molecule has 0 spiro atoms. The normalized spacial score (nSPS) is 27.3. The first kappa shape index (κ1) is 12.5. The number of nitrogens with one attached hydrogen (secondary N) is 1. The monoisotopic (exact) mass is 238 g/mol. The highest BCUT2D eigenvalue weighted by molar-refractivity contribution is 4.92. The minimum Gasteiger partial charge on any atom is -0.343 e. The summed E-state index contributed by atoms with van der Waals surface area (Å²) in [6, 6.07) is 1.01. The van der Waals surface area contributed by atoms with Crippen LogP contribution >= 0.6 is 0 Å². The first-order valence-corrected chi connectivity index (χ1v) is 6.19. The lowest BCUT2D eigenvalue weighted by atomic mass is 9.85. The SMILES string of the molecule is CC1CNC(C(C)(C)C)CN1Cc1ncon1. The predicted molar refractivity (Wildman–Crippen MR) is 65.4 cm³/mol. The van der Waals surface area contributed by atoms with Crippen molar-refractivity contribution in [2.24, 2.45) is 5.41 Å². The fourth-order valence-electron chi connectivity index (χ4n) is 2.17. The van der Waals surface area contributed by atoms with Gasteiger partial charge in [-0.1, -0.05) is 25.9 Å². The van der Waals surface area contributed by atoms with Crippen LogP contribution < -0.4 is 5.32 Å². The first-order valence-electron chi connectivity index (χ1n) is 6.19. The summed E-state index contributed by atoms with van der Waals surface area (Å²) in [6.07, 6.45) is 1.39. The highest BCUT2D eigenvalue weighted by Crippen LogP contribution is 2.23. The fourth-order valence-corrected chi connectivity index (χ4v) is 2.17. The Hall–Kier alpha value is -0.940. The quantitative estimate of drug-likeness (QED) is 0.841. The molecule has 0 aliphatic carbocycles. The van der Waals surface area contributed by atoms with E-state index in [9.17, 15) is 0 Å². The molecule has 1 saturated heterocycles. The smallest absolute Gasteiger partial charge is 0.213 e. The average molecular weight is 238 g/mol. The van der Waals surface area contributed by atoms with Gasteiger partial charge >= 0.3 is 0 Å². The zero-order valence-electron chi connectivity index (χ0n) is 11.1. The van der Waals surface area contributed by atoms with Crippen LogP contribution in [0.3, 0.4) is 0 Å². The van der Waals surface area contributed by atoms with Gasteiger partial charge in [-0.2, -0.15) is 4.98 Å². The van der Waals surface area contributed by atoms with Crippen LogP contribution in [0.5, 0.6) is 0 Å². The van der Waals surface area contributed by atoms with Gasteiger partial charge in [0.25, 0.3) is 0 Å². The molecule has 96 valence electrons. The van der Waals surface area contributed by atoms with E-state index < -0.39 is 0 Å². The van der Waals surface area contributed by atoms with Crippen molar-refractivity contribution in [3.05, 3.63) is 12.2 Å². The van der Waals surface area contributed by atoms with Gasteiger partial charge < -0.3 is 9.84 Å². The molecule has 1 aromatic rings. The standard InChI is InChI=1S/C12H22N4O/c1-9-5-13-10(12(2,3)4)6-16(9)7-11-14-8-17-15-11/h8-10,13H,5-7H2,1-4H3. The van der Waals surface area contributed by atoms with Crippen molar-refractivity contribution in [3.8, 4) is 0 Å². The van der Waals surface area contributed by atoms with Gasteiger partial charge in [0.2, 0.25) is 6.39 Å². The first-order chi connectivity index (χ1) is 7.97. The van der Waals surface area contributed by atoms with E-state index in [4.69, 9.17) is 4.52 Å². The molecule has 0 aromatic carbocycles. The summed E-state index contributed by atoms with van der Waals surface area (Å²) in [5, 5.41) is 7.50. The molecule has 17 heavy (non-hydrogen) atoms. The molecule has 0 bridgehead atoms. The highest BCUT2D eigenvalue weighted by atomic mass is 16.5. The van der Waals surface area contributed by atoms with Crippen molar-refractivity contribution in [3.63, 3.8) is 0 Å². The Balaban J connectivity index is 2.00. The summed E-state index contributed by atoms with van der Waals surface area (Å²) in [6.45, 7) is 11.9. The van der Waals surface area contributed by atoms with Crippen molar-refractivity contribution in [2.45, 2.75) is 46.3 Å². The highest BCUT2D eigenvalue weighted by Gasteiger charge is 2.32. The largest absolute Gasteiger partial charge is 0.343 e. The molecule has 2 rings (SSSR count). The maximum atomic E-state index is 4.78. The molecule has 0 radical (unpaired) electrons. The van der Waals surface area contributed by atoms with Crippen LogP contribution in [0.2, 0.25) is 0 Å². The third-order valence-electron chi connectivity index (χ3n) is 3.50. The fraction of sp³-hybridized carbons (Fsp3) is 0.833. The molecular weight excluding hydrogens is 216 g/mol. The molecule has 2 unspecified atom stereocenters. The molecule has 1 fully saturated rings. The minimum atomic E-state index is 0.273. The van der Waals surface area contributed by atoms with Gasteiger partial charge in [0, 0.05) is 25.2 Å². The minimum absolute atomic E-state index is 0.273. The van der Waals surface area contributed by atoms with Crippen LogP contribution in [0, 0.1) is 5.41 Å². The zero-order valence-corrected chi connectivity index (χ0v) is 11.1. The number of rotatable bonds is 2. The van der Waals surface area contributed by atoms with E-state index in [-0.39, 0.29) is 5.41 Å². The van der Waals surface area contributed by atoms with Crippen LogP contribution in [0.25, 0.3) is 0 Å². The van der Waals surface area contributed by atoms with Crippen molar-refractivity contribution < 1.29 is 4.52 Å². The zero-order chi connectivity index (χ0) is 12.5. The molecule has 0 amide bonds. The molecule has 2 atom stereocenters. The molecule has 2 heterocycles. The molecule has 5 nitrogen and oxygen atoms in total. The second-order valence-corrected chi connectivity index (χ2v) is 5.95. The topological polar surface area (TPSA) is 54.2 Å². The molecule has 5 heteroatoms. The van der Waals surface area contributed by atoms with Gasteiger partial charge in [-0.05, 0) is 12.3 Å². The van der Waals surface area contributed by atoms with Gasteiger partial charge in [0.15, 0.2) is 5.82 Å². The van der Waals surface area contributed by atoms with E-state index in [1.165, 1.54) is 6.39 Å². The van der Waals surface area contributed by atoms with E-state index in [0.717, 1.165) is 25.5 Å². The number of hydrogen-bond acceptors (Lipinski definition) is 5. The van der Waals surface area contributed by atoms with E-state index >= 15 is 0 Å². The van der Waals surface area contributed by atoms with Gasteiger partial charge in [0.05, 0.1) is 6.54 Å². The lowest BCUT2D eigenvalue weighted by Gasteiger charge is -2.43. The van der Waals surface area contributed by atoms with Crippen LogP contribution in [0.15, 0.2) is 10.9 Å². The van der Waals surface area contributed by atoms with E-state index in [0.29, 0.717) is 12.1 Å². The Morgan fingerprint density at radius 1 is 1.53 bits per heavy atom. The molecule has 1 aliphatic heterocycles. The maximum absolute atomic E-state index is 4.78. The van der Waals surface area contributed by atoms with Gasteiger partial charge in [-0.15, -0.1) is 0 Å². The predicted octanol–water partition coefficient (Wildman–Crippen LogP) is 1.28. The molecule has 1 aromatic heterocycles. The van der Waals surface area contributed by atoms with Crippen LogP contribution in [-0.2, 0) is 6.54 Å². The Kier molecular flexibility index (Phi) is 3.49. The van der Waals surface area contributed by atoms with Gasteiger partial charge in [0.1, 0.15) is 0 Å². The van der Waals surface area contributed by atoms with E-state index in [1.807, 2.05) is 0 Å². The van der Waals surface area contributed by atoms with Crippen molar-refractivity contribution in [1.82, 2.24) is 20.4 Å². The van der Waals surface area contributed by atoms with E-state index in [1.54, 1.807) is 0 Å². The number of nitrogens with zero attached hydrogens (tertiary/aromatic N) is 3. The van der Waals surface area contributed by atoms with Gasteiger partial charge in [-0.25, -0.2) is 0 Å². The van der Waals surface area contributed by atoms with Crippen molar-refractivity contribution >= 4 is 0 Å². The van der Waals surface area contributed by atoms with Crippen LogP contribution in [-0.4, -0.2) is 40.2 Å². The summed E-state index contributed by atoms with van der Waals surface area (Å²) >= 11 is 0. The van der Waals surface area contributed by atoms with Crippen molar-refractivity contribution in [2.75, 3.05) is 13.1 Å². The molecule has 0 saturated carbocycles. The second-order valence-electron chi connectivity index (χ2n) is 5.95. The number of piperazine rings is 1. The number of aromatic nitrogens is 2. The molecule has 1 N–H and O–H groups in total. The van der Waals surface area contributed by atoms with Crippen molar-refractivity contribution in [1.29, 1.82) is 0 Å². The average Bonchev–Trinajstić information content (AvgIpc) is 2.72. The summed E-state index contributed by atoms with van der Waals surface area (Å²) in [4.78, 5) is 6.51. The number of hydrogen-bond donors (Lipinski definition) is 1. The Bertz CT molecular complexity index is 344. The van der Waals surface area contributed by atoms with Crippen LogP contribution in [0.1, 0.15) is 33.5 Å². The summed E-state index contributed by atoms with van der Waals surface area (Å²) < 4.78 is 4.78. The Morgan fingerprint density at radius 2 is 2.29 bits per heavy atom. The molecule has 1 aliphatic rings. The third-order valence-corrected chi connectivity index (χ3v) is 3.50. The third kappa shape index (κ3) is 3.04. The second kappa shape index (κ2) is 4.74. The summed E-state index contributed by atoms with van der Waals surface area (Å²) in [5.41, 5.74) is 0.273. The van der Waals surface area contributed by atoms with Crippen LogP contribution in [0.4, 0.5) is 0 Å². The maximum Gasteiger partial charge on any atom is 0.213 e. The lowest BCUT2D eigenvalue weighted by molar-refractivity contribution is 0.0849. The summed E-state index contributed by atoms with van der Waals surface area (Å²) in [7, 11) is 0. The molecular formula is C12H22N4O. The lowest BCUT2D eigenvalue weighted by Crippen LogP contribution is -2.59. The van der Waals surface area contributed by atoms with E-state index in [2.05, 4.69) is 48.1 Å². The summed E-state index contributed by atoms with van der Waals surface area (Å²) in [5.74, 6) is 0.770. The van der Waals surface area contributed by atoms with Gasteiger partial charge in [-0.3, -0.25) is 4.90 Å².